The molecule has 0 aliphatic rings. The lowest BCUT2D eigenvalue weighted by molar-refractivity contribution is 0.471. The summed E-state index contributed by atoms with van der Waals surface area (Å²) >= 11 is 5.98. The van der Waals surface area contributed by atoms with Gasteiger partial charge >= 0.3 is 0 Å². The van der Waals surface area contributed by atoms with Crippen LogP contribution in [0.2, 0.25) is 5.02 Å². The number of aryl methyl sites for hydroxylation is 1. The Hall–Kier alpha value is -1.54. The molecular formula is C15H16ClFO. The molecule has 2 rings (SSSR count). The van der Waals surface area contributed by atoms with Crippen LogP contribution in [0.4, 0.5) is 4.39 Å². The zero-order chi connectivity index (χ0) is 13.7. The quantitative estimate of drug-likeness (QED) is 0.753. The number of halogens is 2. The Bertz CT molecular complexity index is 538. The predicted molar refractivity (Wildman–Crippen MR) is 74.6 cm³/mol. The lowest BCUT2D eigenvalue weighted by atomic mass is 10.0. The van der Waals surface area contributed by atoms with Gasteiger partial charge in [0.2, 0.25) is 0 Å². The number of phenolic OH excluding ortho intramolecular Hbond substituents is 1. The number of phenols is 1. The fraction of sp³-hybridized carbons (Fsp3) is 0.200. The third-order valence-electron chi connectivity index (χ3n) is 2.45. The van der Waals surface area contributed by atoms with Gasteiger partial charge in [-0.05, 0) is 30.7 Å². The van der Waals surface area contributed by atoms with E-state index in [2.05, 4.69) is 0 Å². The van der Waals surface area contributed by atoms with Gasteiger partial charge in [0.25, 0.3) is 0 Å². The SMILES string of the molecule is CC.Cc1cc(-c2ccccc2F)c(Cl)cc1O. The fourth-order valence-corrected chi connectivity index (χ4v) is 1.82. The van der Waals surface area contributed by atoms with Crippen LogP contribution in [0.1, 0.15) is 19.4 Å². The molecule has 0 unspecified atom stereocenters. The Kier molecular flexibility index (Phi) is 5.17. The standard InChI is InChI=1S/C13H10ClFO.C2H6/c1-8-6-10(11(14)7-13(8)16)9-4-2-3-5-12(9)15;1-2/h2-7,16H,1H3;1-2H3. The largest absolute Gasteiger partial charge is 0.508 e. The van der Waals surface area contributed by atoms with Crippen LogP contribution in [0.3, 0.4) is 0 Å². The number of aromatic hydroxyl groups is 1. The zero-order valence-corrected chi connectivity index (χ0v) is 11.4. The van der Waals surface area contributed by atoms with Gasteiger partial charge < -0.3 is 5.11 Å². The maximum Gasteiger partial charge on any atom is 0.131 e. The first-order chi connectivity index (χ1) is 8.59. The van der Waals surface area contributed by atoms with Gasteiger partial charge in [0.15, 0.2) is 0 Å². The van der Waals surface area contributed by atoms with Gasteiger partial charge in [-0.3, -0.25) is 0 Å². The Labute approximate surface area is 112 Å². The van der Waals surface area contributed by atoms with Crippen LogP contribution in [0.25, 0.3) is 11.1 Å². The highest BCUT2D eigenvalue weighted by atomic mass is 35.5. The highest BCUT2D eigenvalue weighted by Crippen LogP contribution is 2.34. The normalized spacial score (nSPS) is 9.61. The number of hydrogen-bond acceptors (Lipinski definition) is 1. The van der Waals surface area contributed by atoms with E-state index in [1.165, 1.54) is 12.1 Å². The maximum absolute atomic E-state index is 13.6. The molecular weight excluding hydrogens is 251 g/mol. The highest BCUT2D eigenvalue weighted by molar-refractivity contribution is 6.33. The Morgan fingerprint density at radius 2 is 1.67 bits per heavy atom. The first-order valence-electron chi connectivity index (χ1n) is 5.83. The number of benzene rings is 2. The molecule has 0 aromatic heterocycles. The first-order valence-corrected chi connectivity index (χ1v) is 6.21. The maximum atomic E-state index is 13.6. The molecule has 3 heteroatoms. The van der Waals surface area contributed by atoms with E-state index in [0.717, 1.165) is 0 Å². The van der Waals surface area contributed by atoms with Gasteiger partial charge in [0.1, 0.15) is 11.6 Å². The van der Waals surface area contributed by atoms with Gasteiger partial charge in [-0.25, -0.2) is 4.39 Å². The molecule has 96 valence electrons. The molecule has 2 aromatic rings. The van der Waals surface area contributed by atoms with Crippen molar-refractivity contribution in [3.63, 3.8) is 0 Å². The van der Waals surface area contributed by atoms with Crippen molar-refractivity contribution in [2.24, 2.45) is 0 Å². The molecule has 0 saturated heterocycles. The summed E-state index contributed by atoms with van der Waals surface area (Å²) in [7, 11) is 0. The van der Waals surface area contributed by atoms with Crippen LogP contribution in [0, 0.1) is 12.7 Å². The molecule has 0 amide bonds. The van der Waals surface area contributed by atoms with Crippen molar-refractivity contribution in [3.8, 4) is 16.9 Å². The van der Waals surface area contributed by atoms with Crippen LogP contribution in [0.15, 0.2) is 36.4 Å². The van der Waals surface area contributed by atoms with Gasteiger partial charge in [-0.2, -0.15) is 0 Å². The minimum Gasteiger partial charge on any atom is -0.508 e. The van der Waals surface area contributed by atoms with Crippen molar-refractivity contribution in [2.75, 3.05) is 0 Å². The van der Waals surface area contributed by atoms with Crippen molar-refractivity contribution < 1.29 is 9.50 Å². The number of rotatable bonds is 1. The third kappa shape index (κ3) is 3.02. The molecule has 0 aliphatic heterocycles. The van der Waals surface area contributed by atoms with Crippen LogP contribution in [0.5, 0.6) is 5.75 Å². The molecule has 18 heavy (non-hydrogen) atoms. The molecule has 0 atom stereocenters. The van der Waals surface area contributed by atoms with Gasteiger partial charge in [-0.1, -0.05) is 43.6 Å². The summed E-state index contributed by atoms with van der Waals surface area (Å²) in [6.07, 6.45) is 0. The number of hydrogen-bond donors (Lipinski definition) is 1. The van der Waals surface area contributed by atoms with Crippen molar-refractivity contribution in [1.29, 1.82) is 0 Å². The van der Waals surface area contributed by atoms with E-state index in [9.17, 15) is 9.50 Å². The molecule has 0 aliphatic carbocycles. The monoisotopic (exact) mass is 266 g/mol. The summed E-state index contributed by atoms with van der Waals surface area (Å²) in [5.41, 5.74) is 1.70. The van der Waals surface area contributed by atoms with E-state index in [4.69, 9.17) is 11.6 Å². The van der Waals surface area contributed by atoms with Crippen LogP contribution in [-0.4, -0.2) is 5.11 Å². The van der Waals surface area contributed by atoms with Gasteiger partial charge in [-0.15, -0.1) is 0 Å². The molecule has 2 aromatic carbocycles. The van der Waals surface area contributed by atoms with Crippen molar-refractivity contribution in [3.05, 3.63) is 52.8 Å². The van der Waals surface area contributed by atoms with Crippen LogP contribution in [-0.2, 0) is 0 Å². The minimum atomic E-state index is -0.325. The average Bonchev–Trinajstić information content (AvgIpc) is 2.37. The zero-order valence-electron chi connectivity index (χ0n) is 10.7. The summed E-state index contributed by atoms with van der Waals surface area (Å²) in [4.78, 5) is 0. The van der Waals surface area contributed by atoms with Gasteiger partial charge in [0, 0.05) is 11.1 Å². The van der Waals surface area contributed by atoms with E-state index in [0.29, 0.717) is 21.7 Å². The highest BCUT2D eigenvalue weighted by Gasteiger charge is 2.10. The van der Waals surface area contributed by atoms with E-state index in [-0.39, 0.29) is 11.6 Å². The Balaban J connectivity index is 0.000000771. The molecule has 0 radical (unpaired) electrons. The van der Waals surface area contributed by atoms with E-state index >= 15 is 0 Å². The lowest BCUT2D eigenvalue weighted by Crippen LogP contribution is -1.86. The van der Waals surface area contributed by atoms with Crippen molar-refractivity contribution in [2.45, 2.75) is 20.8 Å². The van der Waals surface area contributed by atoms with E-state index < -0.39 is 0 Å². The average molecular weight is 267 g/mol. The Morgan fingerprint density at radius 1 is 1.06 bits per heavy atom. The lowest BCUT2D eigenvalue weighted by Gasteiger charge is -2.08. The molecule has 0 fully saturated rings. The molecule has 1 N–H and O–H groups in total. The summed E-state index contributed by atoms with van der Waals surface area (Å²) in [6, 6.07) is 9.52. The minimum absolute atomic E-state index is 0.116. The summed E-state index contributed by atoms with van der Waals surface area (Å²) < 4.78 is 13.6. The van der Waals surface area contributed by atoms with E-state index in [1.54, 1.807) is 31.2 Å². The Morgan fingerprint density at radius 3 is 2.28 bits per heavy atom. The fourth-order valence-electron chi connectivity index (χ4n) is 1.56. The van der Waals surface area contributed by atoms with Crippen LogP contribution < -0.4 is 0 Å². The second-order valence-corrected chi connectivity index (χ2v) is 4.01. The molecule has 0 heterocycles. The first kappa shape index (κ1) is 14.5. The van der Waals surface area contributed by atoms with E-state index in [1.807, 2.05) is 13.8 Å². The summed E-state index contributed by atoms with van der Waals surface area (Å²) in [5, 5.41) is 9.80. The summed E-state index contributed by atoms with van der Waals surface area (Å²) in [5.74, 6) is -0.209. The molecule has 1 nitrogen and oxygen atoms in total. The molecule has 0 saturated carbocycles. The third-order valence-corrected chi connectivity index (χ3v) is 2.76. The predicted octanol–water partition coefficient (Wildman–Crippen LogP) is 5.19. The summed E-state index contributed by atoms with van der Waals surface area (Å²) in [6.45, 7) is 5.75. The topological polar surface area (TPSA) is 20.2 Å². The van der Waals surface area contributed by atoms with Gasteiger partial charge in [0.05, 0.1) is 5.02 Å². The molecule has 0 spiro atoms. The second-order valence-electron chi connectivity index (χ2n) is 3.60. The smallest absolute Gasteiger partial charge is 0.131 e. The van der Waals surface area contributed by atoms with Crippen LogP contribution >= 0.6 is 11.6 Å². The second kappa shape index (κ2) is 6.41. The van der Waals surface area contributed by atoms with Crippen molar-refractivity contribution in [1.82, 2.24) is 0 Å². The molecule has 0 bridgehead atoms. The van der Waals surface area contributed by atoms with Crippen molar-refractivity contribution >= 4 is 11.6 Å².